The number of hydrogen-bond acceptors (Lipinski definition) is 7. The molecule has 0 bridgehead atoms. The number of piperazine rings is 1. The van der Waals surface area contributed by atoms with Crippen molar-refractivity contribution in [3.63, 3.8) is 0 Å². The van der Waals surface area contributed by atoms with Crippen LogP contribution in [0, 0.1) is 0 Å². The first kappa shape index (κ1) is 24.2. The molecule has 188 valence electrons. The summed E-state index contributed by atoms with van der Waals surface area (Å²) in [5, 5.41) is 3.36. The predicted octanol–water partition coefficient (Wildman–Crippen LogP) is 4.34. The van der Waals surface area contributed by atoms with Crippen LogP contribution in [0.15, 0.2) is 77.4 Å². The van der Waals surface area contributed by atoms with Gasteiger partial charge in [0.1, 0.15) is 5.82 Å². The Morgan fingerprint density at radius 3 is 2.14 bits per heavy atom. The maximum Gasteiger partial charge on any atom is 0.471 e. The SMILES string of the molecule is O=C(c1ccccc1)c1ccccc1C(=O)N1CCN(c2ccc(-c3noc(C(F)(F)F)n3)cn2)CC1. The van der Waals surface area contributed by atoms with Gasteiger partial charge in [-0.2, -0.15) is 18.2 Å². The summed E-state index contributed by atoms with van der Waals surface area (Å²) < 4.78 is 42.4. The molecule has 0 radical (unpaired) electrons. The van der Waals surface area contributed by atoms with Crippen LogP contribution < -0.4 is 4.90 Å². The number of rotatable bonds is 5. The fourth-order valence-corrected chi connectivity index (χ4v) is 4.08. The van der Waals surface area contributed by atoms with Crippen LogP contribution in [-0.2, 0) is 6.18 Å². The minimum absolute atomic E-state index is 0.203. The summed E-state index contributed by atoms with van der Waals surface area (Å²) in [6.45, 7) is 1.81. The topological polar surface area (TPSA) is 92.4 Å². The fourth-order valence-electron chi connectivity index (χ4n) is 4.08. The maximum atomic E-state index is 13.3. The quantitative estimate of drug-likeness (QED) is 0.371. The molecular weight excluding hydrogens is 487 g/mol. The van der Waals surface area contributed by atoms with E-state index in [0.717, 1.165) is 0 Å². The van der Waals surface area contributed by atoms with Crippen LogP contribution >= 0.6 is 0 Å². The van der Waals surface area contributed by atoms with Crippen LogP contribution in [0.2, 0.25) is 0 Å². The van der Waals surface area contributed by atoms with Crippen molar-refractivity contribution in [1.82, 2.24) is 20.0 Å². The average Bonchev–Trinajstić information content (AvgIpc) is 3.44. The number of halogens is 3. The van der Waals surface area contributed by atoms with Crippen molar-refractivity contribution in [2.24, 2.45) is 0 Å². The van der Waals surface area contributed by atoms with Crippen molar-refractivity contribution >= 4 is 17.5 Å². The van der Waals surface area contributed by atoms with Gasteiger partial charge in [0, 0.05) is 49.1 Å². The maximum absolute atomic E-state index is 13.3. The summed E-state index contributed by atoms with van der Waals surface area (Å²) >= 11 is 0. The Morgan fingerprint density at radius 1 is 0.838 bits per heavy atom. The summed E-state index contributed by atoms with van der Waals surface area (Å²) in [6, 6.07) is 18.8. The zero-order chi connectivity index (χ0) is 26.0. The van der Waals surface area contributed by atoms with Crippen LogP contribution in [0.25, 0.3) is 11.4 Å². The van der Waals surface area contributed by atoms with Crippen LogP contribution in [-0.4, -0.2) is 57.9 Å². The molecule has 37 heavy (non-hydrogen) atoms. The van der Waals surface area contributed by atoms with E-state index < -0.39 is 12.1 Å². The van der Waals surface area contributed by atoms with E-state index in [0.29, 0.717) is 48.7 Å². The largest absolute Gasteiger partial charge is 0.471 e. The molecule has 0 saturated carbocycles. The molecule has 3 heterocycles. The van der Waals surface area contributed by atoms with Crippen LogP contribution in [0.4, 0.5) is 19.0 Å². The molecule has 2 aromatic carbocycles. The predicted molar refractivity (Wildman–Crippen MR) is 127 cm³/mol. The fraction of sp³-hybridized carbons (Fsp3) is 0.192. The normalized spacial score (nSPS) is 14.0. The molecule has 2 aromatic heterocycles. The van der Waals surface area contributed by atoms with Crippen molar-refractivity contribution in [3.05, 3.63) is 95.5 Å². The number of carbonyl (C=O) groups is 2. The molecule has 1 saturated heterocycles. The Hall–Kier alpha value is -4.54. The summed E-state index contributed by atoms with van der Waals surface area (Å²) in [4.78, 5) is 37.7. The molecule has 0 aliphatic carbocycles. The van der Waals surface area contributed by atoms with Crippen LogP contribution in [0.3, 0.4) is 0 Å². The number of hydrogen-bond donors (Lipinski definition) is 0. The number of anilines is 1. The number of nitrogens with zero attached hydrogens (tertiary/aromatic N) is 5. The van der Waals surface area contributed by atoms with Gasteiger partial charge in [0.2, 0.25) is 5.82 Å². The second-order valence-electron chi connectivity index (χ2n) is 8.35. The van der Waals surface area contributed by atoms with E-state index in [1.165, 1.54) is 6.20 Å². The minimum Gasteiger partial charge on any atom is -0.353 e. The van der Waals surface area contributed by atoms with E-state index in [9.17, 15) is 22.8 Å². The lowest BCUT2D eigenvalue weighted by Gasteiger charge is -2.35. The molecule has 1 fully saturated rings. The second kappa shape index (κ2) is 9.84. The Labute approximate surface area is 209 Å². The van der Waals surface area contributed by atoms with Gasteiger partial charge in [-0.25, -0.2) is 4.98 Å². The Morgan fingerprint density at radius 2 is 1.51 bits per heavy atom. The smallest absolute Gasteiger partial charge is 0.353 e. The van der Waals surface area contributed by atoms with Gasteiger partial charge in [0.15, 0.2) is 5.78 Å². The highest BCUT2D eigenvalue weighted by Crippen LogP contribution is 2.29. The third-order valence-corrected chi connectivity index (χ3v) is 6.00. The van der Waals surface area contributed by atoms with E-state index in [1.807, 2.05) is 11.0 Å². The molecule has 8 nitrogen and oxygen atoms in total. The van der Waals surface area contributed by atoms with Crippen LogP contribution in [0.5, 0.6) is 0 Å². The van der Waals surface area contributed by atoms with E-state index in [-0.39, 0.29) is 23.1 Å². The number of pyridine rings is 1. The Kier molecular flexibility index (Phi) is 6.43. The van der Waals surface area contributed by atoms with Gasteiger partial charge in [-0.15, -0.1) is 0 Å². The molecule has 4 aromatic rings. The van der Waals surface area contributed by atoms with Gasteiger partial charge in [-0.05, 0) is 18.2 Å². The lowest BCUT2D eigenvalue weighted by Crippen LogP contribution is -2.49. The molecule has 0 N–H and O–H groups in total. The first-order valence-electron chi connectivity index (χ1n) is 11.4. The number of ketones is 1. The molecule has 1 aliphatic heterocycles. The van der Waals surface area contributed by atoms with Crippen LogP contribution in [0.1, 0.15) is 32.2 Å². The number of carbonyl (C=O) groups excluding carboxylic acids is 2. The molecule has 0 unspecified atom stereocenters. The lowest BCUT2D eigenvalue weighted by atomic mass is 9.97. The number of amides is 1. The first-order chi connectivity index (χ1) is 17.8. The molecule has 11 heteroatoms. The summed E-state index contributed by atoms with van der Waals surface area (Å²) in [5.41, 5.74) is 1.51. The third-order valence-electron chi connectivity index (χ3n) is 6.00. The van der Waals surface area contributed by atoms with Gasteiger partial charge < -0.3 is 14.3 Å². The zero-order valence-electron chi connectivity index (χ0n) is 19.4. The van der Waals surface area contributed by atoms with Gasteiger partial charge in [0.25, 0.3) is 5.91 Å². The van der Waals surface area contributed by atoms with Crippen molar-refractivity contribution in [1.29, 1.82) is 0 Å². The van der Waals surface area contributed by atoms with E-state index in [1.54, 1.807) is 65.6 Å². The number of alkyl halides is 3. The lowest BCUT2D eigenvalue weighted by molar-refractivity contribution is -0.159. The number of benzene rings is 2. The third kappa shape index (κ3) is 5.06. The molecular formula is C26H20F3N5O3. The van der Waals surface area contributed by atoms with Gasteiger partial charge in [-0.3, -0.25) is 9.59 Å². The van der Waals surface area contributed by atoms with Gasteiger partial charge >= 0.3 is 12.1 Å². The highest BCUT2D eigenvalue weighted by atomic mass is 19.4. The summed E-state index contributed by atoms with van der Waals surface area (Å²) in [7, 11) is 0. The van der Waals surface area contributed by atoms with E-state index in [4.69, 9.17) is 0 Å². The molecule has 1 aliphatic rings. The zero-order valence-corrected chi connectivity index (χ0v) is 19.4. The standard InChI is InChI=1S/C26H20F3N5O3/c27-26(28,29)25-31-23(32-37-25)18-10-11-21(30-16-18)33-12-14-34(15-13-33)24(36)20-9-5-4-8-19(20)22(35)17-6-2-1-3-7-17/h1-11,16H,12-15H2. The van der Waals surface area contributed by atoms with Crippen molar-refractivity contribution in [2.45, 2.75) is 6.18 Å². The Balaban J connectivity index is 1.25. The average molecular weight is 507 g/mol. The van der Waals surface area contributed by atoms with Gasteiger partial charge in [-0.1, -0.05) is 53.7 Å². The highest BCUT2D eigenvalue weighted by Gasteiger charge is 2.38. The Bertz CT molecular complexity index is 1410. The number of aromatic nitrogens is 3. The van der Waals surface area contributed by atoms with Gasteiger partial charge in [0.05, 0.1) is 5.56 Å². The van der Waals surface area contributed by atoms with Crippen molar-refractivity contribution in [2.75, 3.05) is 31.1 Å². The van der Waals surface area contributed by atoms with E-state index >= 15 is 0 Å². The molecule has 5 rings (SSSR count). The molecule has 0 spiro atoms. The molecule has 1 amide bonds. The highest BCUT2D eigenvalue weighted by molar-refractivity contribution is 6.15. The summed E-state index contributed by atoms with van der Waals surface area (Å²) in [6.07, 6.45) is -3.34. The van der Waals surface area contributed by atoms with E-state index in [2.05, 4.69) is 19.6 Å². The first-order valence-corrected chi connectivity index (χ1v) is 11.4. The van der Waals surface area contributed by atoms with Crippen molar-refractivity contribution < 1.29 is 27.3 Å². The summed E-state index contributed by atoms with van der Waals surface area (Å²) in [5.74, 6) is -1.45. The van der Waals surface area contributed by atoms with Crippen molar-refractivity contribution in [3.8, 4) is 11.4 Å². The minimum atomic E-state index is -4.72. The second-order valence-corrected chi connectivity index (χ2v) is 8.35. The monoisotopic (exact) mass is 507 g/mol. The molecule has 0 atom stereocenters.